The fourth-order valence-electron chi connectivity index (χ4n) is 2.72. The minimum absolute atomic E-state index is 0.252. The van der Waals surface area contributed by atoms with Crippen molar-refractivity contribution in [2.24, 2.45) is 5.92 Å². The van der Waals surface area contributed by atoms with Gasteiger partial charge in [-0.15, -0.1) is 0 Å². The van der Waals surface area contributed by atoms with Crippen LogP contribution >= 0.6 is 0 Å². The number of ether oxygens (including phenoxy) is 3. The molecule has 26 heavy (non-hydrogen) atoms. The van der Waals surface area contributed by atoms with Gasteiger partial charge >= 0.3 is 12.1 Å². The van der Waals surface area contributed by atoms with E-state index in [2.05, 4.69) is 0 Å². The number of carbonyl (C=O) groups excluding carboxylic acids is 2. The zero-order valence-electron chi connectivity index (χ0n) is 15.9. The summed E-state index contributed by atoms with van der Waals surface area (Å²) in [7, 11) is 0. The zero-order valence-corrected chi connectivity index (χ0v) is 15.9. The normalized spacial score (nSPS) is 17.5. The molecule has 1 atom stereocenters. The molecule has 1 saturated heterocycles. The van der Waals surface area contributed by atoms with Gasteiger partial charge in [0.15, 0.2) is 0 Å². The van der Waals surface area contributed by atoms with Gasteiger partial charge in [-0.2, -0.15) is 0 Å². The van der Waals surface area contributed by atoms with Crippen molar-refractivity contribution in [2.75, 3.05) is 26.3 Å². The molecule has 1 amide bonds. The molecule has 1 unspecified atom stereocenters. The van der Waals surface area contributed by atoms with Gasteiger partial charge in [0.05, 0.1) is 19.1 Å². The summed E-state index contributed by atoms with van der Waals surface area (Å²) in [4.78, 5) is 26.0. The summed E-state index contributed by atoms with van der Waals surface area (Å²) in [5.41, 5.74) is -0.538. The summed E-state index contributed by atoms with van der Waals surface area (Å²) >= 11 is 0. The first kappa shape index (κ1) is 20.1. The van der Waals surface area contributed by atoms with Gasteiger partial charge in [0.1, 0.15) is 11.4 Å². The molecule has 6 nitrogen and oxygen atoms in total. The first-order valence-electron chi connectivity index (χ1n) is 9.17. The number of nitrogens with zero attached hydrogens (tertiary/aromatic N) is 1. The third-order valence-electron chi connectivity index (χ3n) is 3.95. The van der Waals surface area contributed by atoms with Crippen molar-refractivity contribution in [2.45, 2.75) is 45.6 Å². The van der Waals surface area contributed by atoms with Crippen LogP contribution in [0, 0.1) is 5.92 Å². The van der Waals surface area contributed by atoms with Crippen LogP contribution in [0.4, 0.5) is 4.79 Å². The van der Waals surface area contributed by atoms with E-state index in [4.69, 9.17) is 14.2 Å². The third-order valence-corrected chi connectivity index (χ3v) is 3.95. The van der Waals surface area contributed by atoms with Gasteiger partial charge in [0, 0.05) is 19.5 Å². The maximum Gasteiger partial charge on any atom is 0.410 e. The van der Waals surface area contributed by atoms with E-state index >= 15 is 0 Å². The number of rotatable bonds is 6. The van der Waals surface area contributed by atoms with Crippen molar-refractivity contribution in [1.29, 1.82) is 0 Å². The highest BCUT2D eigenvalue weighted by Gasteiger charge is 2.31. The van der Waals surface area contributed by atoms with Gasteiger partial charge in [-0.1, -0.05) is 18.2 Å². The predicted molar refractivity (Wildman–Crippen MR) is 98.0 cm³/mol. The molecule has 144 valence electrons. The van der Waals surface area contributed by atoms with Crippen LogP contribution in [0.5, 0.6) is 5.75 Å². The second-order valence-corrected chi connectivity index (χ2v) is 7.45. The minimum Gasteiger partial charge on any atom is -0.493 e. The molecule has 0 aliphatic carbocycles. The molecule has 1 aliphatic rings. The van der Waals surface area contributed by atoms with Gasteiger partial charge in [-0.3, -0.25) is 4.79 Å². The van der Waals surface area contributed by atoms with E-state index in [1.165, 1.54) is 0 Å². The number of benzene rings is 1. The molecule has 1 fully saturated rings. The minimum atomic E-state index is -0.538. The van der Waals surface area contributed by atoms with Crippen molar-refractivity contribution < 1.29 is 23.8 Å². The Kier molecular flexibility index (Phi) is 7.30. The predicted octanol–water partition coefficient (Wildman–Crippen LogP) is 3.65. The second kappa shape index (κ2) is 9.46. The lowest BCUT2D eigenvalue weighted by atomic mass is 9.98. The van der Waals surface area contributed by atoms with E-state index in [1.54, 1.807) is 4.90 Å². The number of hydrogen-bond donors (Lipinski definition) is 0. The highest BCUT2D eigenvalue weighted by atomic mass is 16.6. The van der Waals surface area contributed by atoms with Crippen molar-refractivity contribution in [1.82, 2.24) is 4.90 Å². The Morgan fingerprint density at radius 2 is 1.88 bits per heavy atom. The summed E-state index contributed by atoms with van der Waals surface area (Å²) in [6.45, 7) is 7.27. The van der Waals surface area contributed by atoms with Gasteiger partial charge in [-0.25, -0.2) is 4.79 Å². The van der Waals surface area contributed by atoms with E-state index in [-0.39, 0.29) is 18.0 Å². The lowest BCUT2D eigenvalue weighted by molar-refractivity contribution is -0.150. The molecule has 1 aliphatic heterocycles. The topological polar surface area (TPSA) is 65.1 Å². The first-order chi connectivity index (χ1) is 12.3. The Balaban J connectivity index is 1.67. The number of piperidine rings is 1. The smallest absolute Gasteiger partial charge is 0.410 e. The molecule has 0 radical (unpaired) electrons. The largest absolute Gasteiger partial charge is 0.493 e. The molecule has 0 saturated carbocycles. The van der Waals surface area contributed by atoms with Gasteiger partial charge in [0.25, 0.3) is 0 Å². The Hall–Kier alpha value is -2.24. The average Bonchev–Trinajstić information content (AvgIpc) is 2.61. The molecule has 0 aromatic heterocycles. The number of esters is 1. The standard InChI is InChI=1S/C20H29NO5/c1-20(2,3)26-19(23)21-12-7-9-16(15-21)18(22)25-14-8-13-24-17-10-5-4-6-11-17/h4-6,10-11,16H,7-9,12-15H2,1-3H3. The second-order valence-electron chi connectivity index (χ2n) is 7.45. The van der Waals surface area contributed by atoms with E-state index in [1.807, 2.05) is 51.1 Å². The molecule has 1 aromatic rings. The molecular weight excluding hydrogens is 334 g/mol. The van der Waals surface area contributed by atoms with Crippen molar-refractivity contribution in [3.05, 3.63) is 30.3 Å². The third kappa shape index (κ3) is 6.94. The van der Waals surface area contributed by atoms with Crippen LogP contribution in [0.1, 0.15) is 40.0 Å². The zero-order chi connectivity index (χ0) is 19.0. The van der Waals surface area contributed by atoms with Gasteiger partial charge in [0.2, 0.25) is 0 Å². The van der Waals surface area contributed by atoms with Gasteiger partial charge < -0.3 is 19.1 Å². The highest BCUT2D eigenvalue weighted by Crippen LogP contribution is 2.20. The number of likely N-dealkylation sites (tertiary alicyclic amines) is 1. The number of carbonyl (C=O) groups is 2. The fraction of sp³-hybridized carbons (Fsp3) is 0.600. The molecular formula is C20H29NO5. The van der Waals surface area contributed by atoms with Crippen LogP contribution < -0.4 is 4.74 Å². The molecule has 1 aromatic carbocycles. The van der Waals surface area contributed by atoms with Crippen LogP contribution in [0.2, 0.25) is 0 Å². The van der Waals surface area contributed by atoms with E-state index in [0.717, 1.165) is 18.6 Å². The lowest BCUT2D eigenvalue weighted by Crippen LogP contribution is -2.45. The Morgan fingerprint density at radius 3 is 2.58 bits per heavy atom. The Morgan fingerprint density at radius 1 is 1.15 bits per heavy atom. The molecule has 0 spiro atoms. The monoisotopic (exact) mass is 363 g/mol. The summed E-state index contributed by atoms with van der Waals surface area (Å²) in [5, 5.41) is 0. The highest BCUT2D eigenvalue weighted by molar-refractivity contribution is 5.75. The van der Waals surface area contributed by atoms with E-state index < -0.39 is 5.60 Å². The Bertz CT molecular complexity index is 582. The number of amides is 1. The SMILES string of the molecule is CC(C)(C)OC(=O)N1CCCC(C(=O)OCCCOc2ccccc2)C1. The molecule has 0 bridgehead atoms. The molecule has 6 heteroatoms. The van der Waals surface area contributed by atoms with Crippen LogP contribution in [-0.4, -0.2) is 48.9 Å². The average molecular weight is 363 g/mol. The van der Waals surface area contributed by atoms with Crippen molar-refractivity contribution in [3.63, 3.8) is 0 Å². The summed E-state index contributed by atoms with van der Waals surface area (Å²) in [6, 6.07) is 9.53. The van der Waals surface area contributed by atoms with Crippen LogP contribution in [0.25, 0.3) is 0 Å². The van der Waals surface area contributed by atoms with Crippen LogP contribution in [-0.2, 0) is 14.3 Å². The summed E-state index contributed by atoms with van der Waals surface area (Å²) in [6.07, 6.45) is 1.77. The first-order valence-corrected chi connectivity index (χ1v) is 9.17. The molecule has 0 N–H and O–H groups in total. The fourth-order valence-corrected chi connectivity index (χ4v) is 2.72. The summed E-state index contributed by atoms with van der Waals surface area (Å²) < 4.78 is 16.3. The Labute approximate surface area is 155 Å². The van der Waals surface area contributed by atoms with E-state index in [0.29, 0.717) is 32.7 Å². The lowest BCUT2D eigenvalue weighted by Gasteiger charge is -2.33. The molecule has 2 rings (SSSR count). The maximum atomic E-state index is 12.2. The van der Waals surface area contributed by atoms with Crippen molar-refractivity contribution in [3.8, 4) is 5.75 Å². The molecule has 1 heterocycles. The number of hydrogen-bond acceptors (Lipinski definition) is 5. The van der Waals surface area contributed by atoms with Crippen molar-refractivity contribution >= 4 is 12.1 Å². The maximum absolute atomic E-state index is 12.2. The summed E-state index contributed by atoms with van der Waals surface area (Å²) in [5.74, 6) is 0.267. The van der Waals surface area contributed by atoms with E-state index in [9.17, 15) is 9.59 Å². The van der Waals surface area contributed by atoms with Gasteiger partial charge in [-0.05, 0) is 45.7 Å². The number of para-hydroxylation sites is 1. The van der Waals surface area contributed by atoms with Crippen LogP contribution in [0.3, 0.4) is 0 Å². The van der Waals surface area contributed by atoms with Crippen LogP contribution in [0.15, 0.2) is 30.3 Å². The quantitative estimate of drug-likeness (QED) is 0.570.